The number of methoxy groups -OCH3 is 2. The Bertz CT molecular complexity index is 1080. The molecule has 1 aromatic heterocycles. The number of hydrogen-bond acceptors (Lipinski definition) is 7. The minimum Gasteiger partial charge on any atom is -0.493 e. The summed E-state index contributed by atoms with van der Waals surface area (Å²) in [4.78, 5) is 24.6. The molecule has 0 unspecified atom stereocenters. The third-order valence-corrected chi connectivity index (χ3v) is 4.71. The average Bonchev–Trinajstić information content (AvgIpc) is 3.28. The Balaban J connectivity index is 1.59. The number of para-hydroxylation sites is 1. The highest BCUT2D eigenvalue weighted by molar-refractivity contribution is 5.90. The molecule has 0 aliphatic heterocycles. The first-order valence-corrected chi connectivity index (χ1v) is 10.5. The number of esters is 1. The summed E-state index contributed by atoms with van der Waals surface area (Å²) in [5.74, 6) is 0.514. The van der Waals surface area contributed by atoms with E-state index in [9.17, 15) is 9.59 Å². The number of ether oxygens (including phenoxy) is 4. The van der Waals surface area contributed by atoms with E-state index in [0.717, 1.165) is 11.3 Å². The molecule has 3 rings (SSSR count). The zero-order valence-electron chi connectivity index (χ0n) is 18.9. The summed E-state index contributed by atoms with van der Waals surface area (Å²) in [6.07, 6.45) is 2.16. The second kappa shape index (κ2) is 11.6. The highest BCUT2D eigenvalue weighted by Gasteiger charge is 2.21. The number of carbonyl (C=O) groups is 2. The molecule has 33 heavy (non-hydrogen) atoms. The minimum absolute atomic E-state index is 0.0128. The summed E-state index contributed by atoms with van der Waals surface area (Å²) in [6.45, 7) is 2.05. The van der Waals surface area contributed by atoms with E-state index in [1.54, 1.807) is 27.3 Å². The molecule has 0 aliphatic rings. The molecule has 0 saturated carbocycles. The van der Waals surface area contributed by atoms with Gasteiger partial charge in [-0.3, -0.25) is 4.79 Å². The molecular formula is C24H27N3O6. The van der Waals surface area contributed by atoms with Crippen molar-refractivity contribution < 1.29 is 28.5 Å². The normalized spacial score (nSPS) is 10.4. The third kappa shape index (κ3) is 6.25. The molecule has 0 atom stereocenters. The standard InChI is InChI=1S/C24H27N3O6/c1-4-32-24(29)23-21(15-27(26-23)18-8-6-5-7-9-18)33-16-22(28)25-13-12-17-10-11-19(30-2)20(14-17)31-3/h5-11,14-15H,4,12-13,16H2,1-3H3,(H,25,28). The van der Waals surface area contributed by atoms with Crippen molar-refractivity contribution in [2.24, 2.45) is 0 Å². The quantitative estimate of drug-likeness (QED) is 0.446. The maximum atomic E-state index is 12.3. The summed E-state index contributed by atoms with van der Waals surface area (Å²) < 4.78 is 22.7. The molecule has 0 bridgehead atoms. The van der Waals surface area contributed by atoms with Crippen LogP contribution in [0.3, 0.4) is 0 Å². The molecule has 1 amide bonds. The van der Waals surface area contributed by atoms with Crippen LogP contribution >= 0.6 is 0 Å². The lowest BCUT2D eigenvalue weighted by atomic mass is 10.1. The predicted octanol–water partition coefficient (Wildman–Crippen LogP) is 2.80. The fourth-order valence-corrected chi connectivity index (χ4v) is 3.09. The van der Waals surface area contributed by atoms with Gasteiger partial charge < -0.3 is 24.3 Å². The number of benzene rings is 2. The van der Waals surface area contributed by atoms with Crippen LogP contribution in [-0.4, -0.2) is 55.6 Å². The van der Waals surface area contributed by atoms with Gasteiger partial charge >= 0.3 is 5.97 Å². The number of nitrogens with one attached hydrogen (secondary N) is 1. The summed E-state index contributed by atoms with van der Waals surface area (Å²) in [6, 6.07) is 14.9. The van der Waals surface area contributed by atoms with Gasteiger partial charge in [0, 0.05) is 6.54 Å². The van der Waals surface area contributed by atoms with Crippen molar-refractivity contribution >= 4 is 11.9 Å². The number of amides is 1. The van der Waals surface area contributed by atoms with Crippen molar-refractivity contribution in [2.45, 2.75) is 13.3 Å². The first-order valence-electron chi connectivity index (χ1n) is 10.5. The van der Waals surface area contributed by atoms with Crippen LogP contribution in [0.5, 0.6) is 17.2 Å². The van der Waals surface area contributed by atoms with Crippen LogP contribution in [-0.2, 0) is 16.0 Å². The molecule has 174 valence electrons. The van der Waals surface area contributed by atoms with Crippen molar-refractivity contribution in [3.05, 3.63) is 66.0 Å². The Kier molecular flexibility index (Phi) is 8.29. The second-order valence-corrected chi connectivity index (χ2v) is 6.92. The fourth-order valence-electron chi connectivity index (χ4n) is 3.09. The van der Waals surface area contributed by atoms with Crippen LogP contribution in [0.1, 0.15) is 23.0 Å². The van der Waals surface area contributed by atoms with E-state index in [-0.39, 0.29) is 30.6 Å². The summed E-state index contributed by atoms with van der Waals surface area (Å²) in [7, 11) is 3.15. The van der Waals surface area contributed by atoms with Gasteiger partial charge in [0.25, 0.3) is 5.91 Å². The lowest BCUT2D eigenvalue weighted by Gasteiger charge is -2.10. The molecule has 2 aromatic carbocycles. The Hall–Kier alpha value is -4.01. The topological polar surface area (TPSA) is 101 Å². The van der Waals surface area contributed by atoms with Crippen LogP contribution < -0.4 is 19.5 Å². The predicted molar refractivity (Wildman–Crippen MR) is 121 cm³/mol. The Morgan fingerprint density at radius 3 is 2.45 bits per heavy atom. The first kappa shape index (κ1) is 23.6. The van der Waals surface area contributed by atoms with Gasteiger partial charge in [0.2, 0.25) is 5.69 Å². The monoisotopic (exact) mass is 453 g/mol. The maximum Gasteiger partial charge on any atom is 0.362 e. The summed E-state index contributed by atoms with van der Waals surface area (Å²) in [5.41, 5.74) is 1.75. The third-order valence-electron chi connectivity index (χ3n) is 4.71. The minimum atomic E-state index is -0.615. The van der Waals surface area contributed by atoms with Crippen LogP contribution in [0.4, 0.5) is 0 Å². The smallest absolute Gasteiger partial charge is 0.362 e. The van der Waals surface area contributed by atoms with E-state index in [4.69, 9.17) is 18.9 Å². The van der Waals surface area contributed by atoms with Crippen molar-refractivity contribution in [3.8, 4) is 22.9 Å². The maximum absolute atomic E-state index is 12.3. The van der Waals surface area contributed by atoms with Crippen molar-refractivity contribution in [3.63, 3.8) is 0 Å². The SMILES string of the molecule is CCOC(=O)c1nn(-c2ccccc2)cc1OCC(=O)NCCc1ccc(OC)c(OC)c1. The molecule has 0 radical (unpaired) electrons. The van der Waals surface area contributed by atoms with E-state index in [1.165, 1.54) is 4.68 Å². The first-order chi connectivity index (χ1) is 16.0. The highest BCUT2D eigenvalue weighted by Crippen LogP contribution is 2.27. The Labute approximate surface area is 192 Å². The number of rotatable bonds is 11. The number of nitrogens with zero attached hydrogens (tertiary/aromatic N) is 2. The van der Waals surface area contributed by atoms with E-state index >= 15 is 0 Å². The Morgan fingerprint density at radius 2 is 1.76 bits per heavy atom. The van der Waals surface area contributed by atoms with Crippen molar-refractivity contribution in [1.29, 1.82) is 0 Å². The summed E-state index contributed by atoms with van der Waals surface area (Å²) >= 11 is 0. The molecule has 0 fully saturated rings. The molecule has 0 aliphatic carbocycles. The number of carbonyl (C=O) groups excluding carboxylic acids is 2. The van der Waals surface area contributed by atoms with Gasteiger partial charge in [0.15, 0.2) is 23.9 Å². The Morgan fingerprint density at radius 1 is 1.00 bits per heavy atom. The van der Waals surface area contributed by atoms with Gasteiger partial charge in [0.1, 0.15) is 0 Å². The molecule has 3 aromatic rings. The van der Waals surface area contributed by atoms with Gasteiger partial charge in [-0.05, 0) is 43.2 Å². The van der Waals surface area contributed by atoms with Gasteiger partial charge in [-0.2, -0.15) is 5.10 Å². The van der Waals surface area contributed by atoms with Gasteiger partial charge in [-0.1, -0.05) is 24.3 Å². The van der Waals surface area contributed by atoms with Crippen LogP contribution in [0.15, 0.2) is 54.7 Å². The zero-order chi connectivity index (χ0) is 23.6. The molecule has 1 heterocycles. The molecule has 0 spiro atoms. The van der Waals surface area contributed by atoms with Gasteiger partial charge in [-0.15, -0.1) is 0 Å². The van der Waals surface area contributed by atoms with Gasteiger partial charge in [0.05, 0.1) is 32.7 Å². The van der Waals surface area contributed by atoms with Crippen LogP contribution in [0, 0.1) is 0 Å². The molecule has 1 N–H and O–H groups in total. The lowest BCUT2D eigenvalue weighted by molar-refractivity contribution is -0.123. The van der Waals surface area contributed by atoms with E-state index in [2.05, 4.69) is 10.4 Å². The lowest BCUT2D eigenvalue weighted by Crippen LogP contribution is -2.30. The molecule has 9 heteroatoms. The van der Waals surface area contributed by atoms with Gasteiger partial charge in [-0.25, -0.2) is 9.48 Å². The van der Waals surface area contributed by atoms with Crippen LogP contribution in [0.2, 0.25) is 0 Å². The zero-order valence-corrected chi connectivity index (χ0v) is 18.9. The molecule has 9 nitrogen and oxygen atoms in total. The number of hydrogen-bond donors (Lipinski definition) is 1. The van der Waals surface area contributed by atoms with E-state index in [1.807, 2.05) is 48.5 Å². The van der Waals surface area contributed by atoms with E-state index in [0.29, 0.717) is 24.5 Å². The second-order valence-electron chi connectivity index (χ2n) is 6.92. The summed E-state index contributed by atoms with van der Waals surface area (Å²) in [5, 5.41) is 7.07. The largest absolute Gasteiger partial charge is 0.493 e. The average molecular weight is 453 g/mol. The fraction of sp³-hybridized carbons (Fsp3) is 0.292. The van der Waals surface area contributed by atoms with Crippen molar-refractivity contribution in [1.82, 2.24) is 15.1 Å². The molecule has 0 saturated heterocycles. The molecular weight excluding hydrogens is 426 g/mol. The van der Waals surface area contributed by atoms with Crippen LogP contribution in [0.25, 0.3) is 5.69 Å². The van der Waals surface area contributed by atoms with Crippen molar-refractivity contribution in [2.75, 3.05) is 34.0 Å². The van der Waals surface area contributed by atoms with E-state index < -0.39 is 5.97 Å². The number of aromatic nitrogens is 2. The highest BCUT2D eigenvalue weighted by atomic mass is 16.5.